The Kier molecular flexibility index (Phi) is 5.76. The minimum absolute atomic E-state index is 0.113. The fourth-order valence-corrected chi connectivity index (χ4v) is 2.46. The zero-order valence-electron chi connectivity index (χ0n) is 13.9. The zero-order valence-corrected chi connectivity index (χ0v) is 13.9. The third-order valence-corrected chi connectivity index (χ3v) is 3.85. The maximum absolute atomic E-state index is 12.6. The number of ether oxygens (including phenoxy) is 2. The average Bonchev–Trinajstić information content (AvgIpc) is 3.07. The summed E-state index contributed by atoms with van der Waals surface area (Å²) in [5.74, 6) is 0.727. The van der Waals surface area contributed by atoms with Gasteiger partial charge in [-0.3, -0.25) is 9.89 Å². The molecule has 0 aliphatic carbocycles. The minimum atomic E-state index is -0.113. The highest BCUT2D eigenvalue weighted by atomic mass is 16.5. The lowest BCUT2D eigenvalue weighted by Gasteiger charge is -2.25. The molecule has 6 heteroatoms. The zero-order chi connectivity index (χ0) is 16.8. The van der Waals surface area contributed by atoms with Gasteiger partial charge >= 0.3 is 6.03 Å². The van der Waals surface area contributed by atoms with Gasteiger partial charge in [-0.15, -0.1) is 0 Å². The first-order valence-electron chi connectivity index (χ1n) is 7.54. The van der Waals surface area contributed by atoms with E-state index in [0.29, 0.717) is 19.0 Å². The van der Waals surface area contributed by atoms with Gasteiger partial charge in [0.1, 0.15) is 12.5 Å². The summed E-state index contributed by atoms with van der Waals surface area (Å²) in [6.07, 6.45) is 2.54. The first kappa shape index (κ1) is 17.0. The highest BCUT2D eigenvalue weighted by molar-refractivity contribution is 5.79. The number of amides is 2. The molecule has 0 saturated carbocycles. The average molecular weight is 317 g/mol. The molecule has 1 aromatic rings. The number of rotatable bonds is 5. The van der Waals surface area contributed by atoms with Crippen molar-refractivity contribution >= 4 is 18.4 Å². The first-order valence-corrected chi connectivity index (χ1v) is 7.54. The fraction of sp³-hybridized carbons (Fsp3) is 0.412. The van der Waals surface area contributed by atoms with Crippen molar-refractivity contribution in [2.45, 2.75) is 19.4 Å². The van der Waals surface area contributed by atoms with E-state index in [4.69, 9.17) is 9.47 Å². The van der Waals surface area contributed by atoms with Crippen LogP contribution in [-0.4, -0.2) is 56.1 Å². The lowest BCUT2D eigenvalue weighted by Crippen LogP contribution is -2.42. The van der Waals surface area contributed by atoms with E-state index in [9.17, 15) is 4.79 Å². The van der Waals surface area contributed by atoms with E-state index < -0.39 is 0 Å². The number of aliphatic imine (C=N–C) groups is 1. The molecule has 23 heavy (non-hydrogen) atoms. The second kappa shape index (κ2) is 7.78. The summed E-state index contributed by atoms with van der Waals surface area (Å²) >= 11 is 0. The molecule has 1 aliphatic rings. The largest absolute Gasteiger partial charge is 0.497 e. The van der Waals surface area contributed by atoms with Gasteiger partial charge in [-0.1, -0.05) is 19.1 Å². The Bertz CT molecular complexity index is 601. The lowest BCUT2D eigenvalue weighted by atomic mass is 10.1. The van der Waals surface area contributed by atoms with E-state index in [-0.39, 0.29) is 12.1 Å². The number of hydrogen-bond acceptors (Lipinski definition) is 4. The van der Waals surface area contributed by atoms with Gasteiger partial charge in [-0.05, 0) is 25.3 Å². The van der Waals surface area contributed by atoms with Crippen LogP contribution in [0.1, 0.15) is 18.9 Å². The van der Waals surface area contributed by atoms with Gasteiger partial charge in [0.2, 0.25) is 0 Å². The number of urea groups is 1. The monoisotopic (exact) mass is 317 g/mol. The summed E-state index contributed by atoms with van der Waals surface area (Å²) in [7, 11) is 3.32. The molecule has 124 valence electrons. The Labute approximate surface area is 137 Å². The van der Waals surface area contributed by atoms with Crippen LogP contribution in [0.15, 0.2) is 35.5 Å². The lowest BCUT2D eigenvalue weighted by molar-refractivity contribution is 0.131. The summed E-state index contributed by atoms with van der Waals surface area (Å²) in [4.78, 5) is 19.8. The Hall–Kier alpha value is -2.34. The summed E-state index contributed by atoms with van der Waals surface area (Å²) in [6.45, 7) is 6.55. The Balaban J connectivity index is 2.19. The maximum atomic E-state index is 12.6. The quantitative estimate of drug-likeness (QED) is 0.785. The molecule has 2 rings (SSSR count). The summed E-state index contributed by atoms with van der Waals surface area (Å²) in [6, 6.07) is 7.48. The molecule has 6 nitrogen and oxygen atoms in total. The molecule has 1 saturated heterocycles. The molecule has 0 bridgehead atoms. The fourth-order valence-electron chi connectivity index (χ4n) is 2.46. The van der Waals surface area contributed by atoms with Crippen LogP contribution in [0.3, 0.4) is 0 Å². The van der Waals surface area contributed by atoms with Crippen molar-refractivity contribution < 1.29 is 14.3 Å². The Morgan fingerprint density at radius 3 is 3.04 bits per heavy atom. The number of nitrogens with zero attached hydrogens (tertiary/aromatic N) is 3. The normalized spacial score (nSPS) is 18.0. The van der Waals surface area contributed by atoms with E-state index in [1.165, 1.54) is 4.90 Å². The number of methoxy groups -OCH3 is 1. The summed E-state index contributed by atoms with van der Waals surface area (Å²) in [5.41, 5.74) is 1.44. The molecular formula is C17H23N3O3. The van der Waals surface area contributed by atoms with Crippen molar-refractivity contribution in [1.29, 1.82) is 0 Å². The van der Waals surface area contributed by atoms with Crippen LogP contribution >= 0.6 is 0 Å². The predicted molar refractivity (Wildman–Crippen MR) is 90.4 cm³/mol. The van der Waals surface area contributed by atoms with Crippen LogP contribution < -0.4 is 4.74 Å². The first-order chi connectivity index (χ1) is 11.1. The SMILES string of the molecule is C=NC(=CN(C)C(=O)N1COCC1CC)c1cccc(OC)c1. The summed E-state index contributed by atoms with van der Waals surface area (Å²) < 4.78 is 10.6. The van der Waals surface area contributed by atoms with Gasteiger partial charge in [0.05, 0.1) is 25.5 Å². The molecular weight excluding hydrogens is 294 g/mol. The third-order valence-electron chi connectivity index (χ3n) is 3.85. The Morgan fingerprint density at radius 1 is 1.61 bits per heavy atom. The van der Waals surface area contributed by atoms with Gasteiger partial charge in [0.25, 0.3) is 0 Å². The van der Waals surface area contributed by atoms with E-state index in [1.807, 2.05) is 31.2 Å². The number of carbonyl (C=O) groups excluding carboxylic acids is 1. The number of carbonyl (C=O) groups is 1. The standard InChI is InChI=1S/C17H23N3O3/c1-5-14-11-23-12-20(14)17(21)19(3)10-16(18-2)13-7-6-8-15(9-13)22-4/h6-10,14H,2,5,11-12H2,1,3-4H3. The third kappa shape index (κ3) is 3.90. The molecule has 1 atom stereocenters. The second-order valence-corrected chi connectivity index (χ2v) is 5.33. The molecule has 1 heterocycles. The molecule has 1 aliphatic heterocycles. The van der Waals surface area contributed by atoms with E-state index >= 15 is 0 Å². The van der Waals surface area contributed by atoms with Crippen LogP contribution in [0.5, 0.6) is 5.75 Å². The topological polar surface area (TPSA) is 54.4 Å². The van der Waals surface area contributed by atoms with Crippen LogP contribution in [0.4, 0.5) is 4.79 Å². The van der Waals surface area contributed by atoms with E-state index in [1.54, 1.807) is 25.3 Å². The van der Waals surface area contributed by atoms with Gasteiger partial charge in [0.15, 0.2) is 0 Å². The van der Waals surface area contributed by atoms with Gasteiger partial charge in [0, 0.05) is 18.8 Å². The van der Waals surface area contributed by atoms with Crippen molar-refractivity contribution in [2.24, 2.45) is 4.99 Å². The van der Waals surface area contributed by atoms with Crippen LogP contribution in [-0.2, 0) is 4.74 Å². The van der Waals surface area contributed by atoms with Crippen LogP contribution in [0, 0.1) is 0 Å². The van der Waals surface area contributed by atoms with Crippen molar-refractivity contribution in [3.63, 3.8) is 0 Å². The predicted octanol–water partition coefficient (Wildman–Crippen LogP) is 2.81. The molecule has 0 radical (unpaired) electrons. The van der Waals surface area contributed by atoms with Crippen molar-refractivity contribution in [1.82, 2.24) is 9.80 Å². The van der Waals surface area contributed by atoms with Crippen LogP contribution in [0.2, 0.25) is 0 Å². The number of hydrogen-bond donors (Lipinski definition) is 0. The van der Waals surface area contributed by atoms with Crippen molar-refractivity contribution in [3.05, 3.63) is 36.0 Å². The van der Waals surface area contributed by atoms with Gasteiger partial charge in [-0.25, -0.2) is 4.79 Å². The molecule has 1 aromatic carbocycles. The Morgan fingerprint density at radius 2 is 2.39 bits per heavy atom. The molecule has 1 fully saturated rings. The number of benzene rings is 1. The smallest absolute Gasteiger partial charge is 0.325 e. The molecule has 1 unspecified atom stereocenters. The van der Waals surface area contributed by atoms with E-state index in [0.717, 1.165) is 17.7 Å². The van der Waals surface area contributed by atoms with Crippen molar-refractivity contribution in [3.8, 4) is 5.75 Å². The van der Waals surface area contributed by atoms with Gasteiger partial charge < -0.3 is 14.4 Å². The van der Waals surface area contributed by atoms with Gasteiger partial charge in [-0.2, -0.15) is 0 Å². The molecule has 0 aromatic heterocycles. The summed E-state index contributed by atoms with van der Waals surface area (Å²) in [5, 5.41) is 0. The molecule has 0 spiro atoms. The van der Waals surface area contributed by atoms with Crippen molar-refractivity contribution in [2.75, 3.05) is 27.5 Å². The highest BCUT2D eigenvalue weighted by Gasteiger charge is 2.29. The minimum Gasteiger partial charge on any atom is -0.497 e. The van der Waals surface area contributed by atoms with Crippen LogP contribution in [0.25, 0.3) is 5.70 Å². The molecule has 0 N–H and O–H groups in total. The highest BCUT2D eigenvalue weighted by Crippen LogP contribution is 2.22. The maximum Gasteiger partial charge on any atom is 0.325 e. The molecule has 2 amide bonds. The van der Waals surface area contributed by atoms with E-state index in [2.05, 4.69) is 11.7 Å². The second-order valence-electron chi connectivity index (χ2n) is 5.33.